The van der Waals surface area contributed by atoms with Crippen LogP contribution in [0.4, 0.5) is 8.78 Å². The van der Waals surface area contributed by atoms with E-state index in [4.69, 9.17) is 10.2 Å². The van der Waals surface area contributed by atoms with Crippen LogP contribution in [-0.2, 0) is 26.2 Å². The summed E-state index contributed by atoms with van der Waals surface area (Å²) in [5.74, 6) is -1.75. The molecule has 4 aromatic carbocycles. The molecule has 0 aliphatic heterocycles. The zero-order valence-electron chi connectivity index (χ0n) is 20.1. The van der Waals surface area contributed by atoms with Crippen molar-refractivity contribution < 1.29 is 45.2 Å². The maximum absolute atomic E-state index is 12.1. The number of phenolic OH excluding ortho intramolecular Hbond substituents is 2. The van der Waals surface area contributed by atoms with E-state index in [1.54, 1.807) is 12.1 Å². The van der Waals surface area contributed by atoms with Crippen molar-refractivity contribution in [3.63, 3.8) is 0 Å². The molecule has 0 aromatic heterocycles. The molecule has 0 aliphatic carbocycles. The largest absolute Gasteiger partial charge is 2.00 e. The van der Waals surface area contributed by atoms with E-state index in [0.29, 0.717) is 0 Å². The molecule has 0 saturated heterocycles. The Labute approximate surface area is 215 Å². The van der Waals surface area contributed by atoms with Gasteiger partial charge in [0, 0.05) is 0 Å². The summed E-state index contributed by atoms with van der Waals surface area (Å²) in [5.41, 5.74) is 8.49. The second kappa shape index (κ2) is 15.3. The number of halogens is 2. The molecular formula is C28H32F2O2Zr. The quantitative estimate of drug-likeness (QED) is 0.229. The van der Waals surface area contributed by atoms with Crippen molar-refractivity contribution in [1.82, 2.24) is 0 Å². The van der Waals surface area contributed by atoms with Crippen molar-refractivity contribution in [2.45, 2.75) is 41.5 Å². The molecule has 0 radical (unpaired) electrons. The van der Waals surface area contributed by atoms with E-state index in [2.05, 4.69) is 65.8 Å². The fourth-order valence-electron chi connectivity index (χ4n) is 2.53. The molecule has 5 heteroatoms. The van der Waals surface area contributed by atoms with Crippen molar-refractivity contribution >= 4 is 0 Å². The molecule has 4 rings (SSSR count). The molecule has 4 aromatic rings. The number of para-hydroxylation sites is 2. The third-order valence-electron chi connectivity index (χ3n) is 5.24. The smallest absolute Gasteiger partial charge is 0.505 e. The second-order valence-corrected chi connectivity index (χ2v) is 7.55. The molecule has 0 saturated carbocycles. The minimum absolute atomic E-state index is 0. The Kier molecular flexibility index (Phi) is 14.2. The van der Waals surface area contributed by atoms with Gasteiger partial charge in [-0.2, -0.15) is 45.5 Å². The summed E-state index contributed by atoms with van der Waals surface area (Å²) < 4.78 is 24.1. The van der Waals surface area contributed by atoms with Crippen LogP contribution >= 0.6 is 0 Å². The fourth-order valence-corrected chi connectivity index (χ4v) is 2.53. The number of hydrogen-bond donors (Lipinski definition) is 2. The number of rotatable bonds is 0. The van der Waals surface area contributed by atoms with E-state index in [-0.39, 0.29) is 37.7 Å². The average Bonchev–Trinajstić information content (AvgIpc) is 3.23. The summed E-state index contributed by atoms with van der Waals surface area (Å²) in [4.78, 5) is 0. The Balaban J connectivity index is 0.000000410. The van der Waals surface area contributed by atoms with E-state index >= 15 is 0 Å². The predicted molar refractivity (Wildman–Crippen MR) is 129 cm³/mol. The van der Waals surface area contributed by atoms with E-state index in [0.717, 1.165) is 0 Å². The van der Waals surface area contributed by atoms with E-state index in [1.807, 2.05) is 0 Å². The molecule has 0 bridgehead atoms. The van der Waals surface area contributed by atoms with E-state index in [1.165, 1.54) is 69.8 Å². The van der Waals surface area contributed by atoms with Crippen LogP contribution in [0.25, 0.3) is 0 Å². The van der Waals surface area contributed by atoms with Crippen LogP contribution in [0.3, 0.4) is 0 Å². The minimum atomic E-state index is -0.576. The molecule has 0 amide bonds. The van der Waals surface area contributed by atoms with Crippen LogP contribution < -0.4 is 0 Å². The third kappa shape index (κ3) is 10.8. The summed E-state index contributed by atoms with van der Waals surface area (Å²) in [7, 11) is 0. The first kappa shape index (κ1) is 30.5. The number of hydrogen-bond acceptors (Lipinski definition) is 2. The Hall–Kier alpha value is -2.52. The number of aryl methyl sites for hydroxylation is 4. The van der Waals surface area contributed by atoms with Gasteiger partial charge in [0.25, 0.3) is 0 Å². The molecule has 2 N–H and O–H groups in total. The topological polar surface area (TPSA) is 40.5 Å². The zero-order chi connectivity index (χ0) is 24.3. The first-order valence-electron chi connectivity index (χ1n) is 10.3. The maximum Gasteiger partial charge on any atom is 2.00 e. The summed E-state index contributed by atoms with van der Waals surface area (Å²) in [6, 6.07) is 19.8. The van der Waals surface area contributed by atoms with Gasteiger partial charge in [0.15, 0.2) is 23.1 Å². The summed E-state index contributed by atoms with van der Waals surface area (Å²) in [6.07, 6.45) is 0. The maximum atomic E-state index is 12.1. The normalized spacial score (nSPS) is 9.21. The molecule has 0 atom stereocenters. The van der Waals surface area contributed by atoms with Crippen LogP contribution in [0.5, 0.6) is 11.5 Å². The molecule has 174 valence electrons. The fraction of sp³-hybridized carbons (Fsp3) is 0.214. The molecule has 0 fully saturated rings. The van der Waals surface area contributed by atoms with Crippen molar-refractivity contribution in [2.75, 3.05) is 0 Å². The first-order valence-corrected chi connectivity index (χ1v) is 10.3. The SMILES string of the molecule is Cc1cc[c-](C)c1C.Cc1cc[c-](C)c1C.Oc1ccccc1F.Oc1ccccc1F.[Zr+2]. The third-order valence-corrected chi connectivity index (χ3v) is 5.24. The molecular weight excluding hydrogens is 498 g/mol. The number of phenols is 2. The standard InChI is InChI=1S/2C8H11.2C6H5FO.Zr/c2*1-6-4-5-7(2)8(6)3;2*7-5-3-1-2-4-6(5)8;/h2*4-5H,1-3H3;2*1-4,8H;/q2*-1;;;+2. The Morgan fingerprint density at radius 1 is 0.576 bits per heavy atom. The Morgan fingerprint density at radius 2 is 0.879 bits per heavy atom. The zero-order valence-corrected chi connectivity index (χ0v) is 22.5. The summed E-state index contributed by atoms with van der Waals surface area (Å²) in [5, 5.41) is 17.1. The van der Waals surface area contributed by atoms with Crippen molar-refractivity contribution in [3.8, 4) is 11.5 Å². The summed E-state index contributed by atoms with van der Waals surface area (Å²) >= 11 is 0. The molecule has 0 heterocycles. The van der Waals surface area contributed by atoms with Crippen molar-refractivity contribution in [2.24, 2.45) is 0 Å². The predicted octanol–water partition coefficient (Wildman–Crippen LogP) is 7.72. The minimum Gasteiger partial charge on any atom is -0.505 e. The molecule has 33 heavy (non-hydrogen) atoms. The van der Waals surface area contributed by atoms with Crippen molar-refractivity contribution in [3.05, 3.63) is 118 Å². The molecule has 0 unspecified atom stereocenters. The van der Waals surface area contributed by atoms with Gasteiger partial charge in [0.1, 0.15) is 0 Å². The van der Waals surface area contributed by atoms with E-state index in [9.17, 15) is 8.78 Å². The van der Waals surface area contributed by atoms with Gasteiger partial charge in [0.2, 0.25) is 0 Å². The van der Waals surface area contributed by atoms with Gasteiger partial charge in [0.05, 0.1) is 0 Å². The monoisotopic (exact) mass is 528 g/mol. The van der Waals surface area contributed by atoms with Crippen LogP contribution in [0.2, 0.25) is 0 Å². The number of aromatic hydroxyl groups is 2. The van der Waals surface area contributed by atoms with E-state index < -0.39 is 11.6 Å². The second-order valence-electron chi connectivity index (χ2n) is 7.55. The Bertz CT molecular complexity index is 928. The van der Waals surface area contributed by atoms with Crippen molar-refractivity contribution in [1.29, 1.82) is 0 Å². The van der Waals surface area contributed by atoms with Gasteiger partial charge in [-0.1, -0.05) is 65.8 Å². The van der Waals surface area contributed by atoms with Gasteiger partial charge in [-0.3, -0.25) is 0 Å². The molecule has 0 aliphatic rings. The number of benzene rings is 2. The van der Waals surface area contributed by atoms with Crippen LogP contribution in [0.1, 0.15) is 33.4 Å². The van der Waals surface area contributed by atoms with Gasteiger partial charge in [-0.05, 0) is 24.3 Å². The first-order chi connectivity index (χ1) is 15.0. The molecule has 2 nitrogen and oxygen atoms in total. The van der Waals surface area contributed by atoms with Gasteiger partial charge in [-0.15, -0.1) is 0 Å². The average molecular weight is 530 g/mol. The van der Waals surface area contributed by atoms with Gasteiger partial charge < -0.3 is 10.2 Å². The van der Waals surface area contributed by atoms with Gasteiger partial charge >= 0.3 is 26.2 Å². The van der Waals surface area contributed by atoms with Crippen LogP contribution in [0.15, 0.2) is 72.8 Å². The summed E-state index contributed by atoms with van der Waals surface area (Å²) in [6.45, 7) is 12.9. The Morgan fingerprint density at radius 3 is 1.00 bits per heavy atom. The molecule has 0 spiro atoms. The van der Waals surface area contributed by atoms with Gasteiger partial charge in [-0.25, -0.2) is 20.9 Å². The van der Waals surface area contributed by atoms with Crippen LogP contribution in [-0.4, -0.2) is 10.2 Å². The van der Waals surface area contributed by atoms with Crippen LogP contribution in [0, 0.1) is 53.2 Å².